The topological polar surface area (TPSA) is 46.5 Å². The van der Waals surface area contributed by atoms with Crippen molar-refractivity contribution >= 4 is 5.78 Å². The summed E-state index contributed by atoms with van der Waals surface area (Å²) in [5, 5.41) is 9.49. The summed E-state index contributed by atoms with van der Waals surface area (Å²) in [6.45, 7) is 3.01. The van der Waals surface area contributed by atoms with Crippen LogP contribution in [0.15, 0.2) is 6.07 Å². The summed E-state index contributed by atoms with van der Waals surface area (Å²) in [4.78, 5) is 10.9. The molecule has 0 amide bonds. The fraction of sp³-hybridized carbons (Fsp3) is 0.364. The Morgan fingerprint density at radius 1 is 1.60 bits per heavy atom. The number of aromatic hydroxyl groups is 1. The van der Waals surface area contributed by atoms with Gasteiger partial charge in [0, 0.05) is 6.42 Å². The number of ether oxygens (including phenoxy) is 1. The first-order valence-electron chi connectivity index (χ1n) is 4.51. The summed E-state index contributed by atoms with van der Waals surface area (Å²) in [7, 11) is 1.27. The lowest BCUT2D eigenvalue weighted by Crippen LogP contribution is -2.02. The lowest BCUT2D eigenvalue weighted by atomic mass is 10.0. The SMILES string of the molecule is COc1c(O)c(C)cc(CC(C)=O)c1F. The van der Waals surface area contributed by atoms with Crippen LogP contribution in [0.3, 0.4) is 0 Å². The highest BCUT2D eigenvalue weighted by molar-refractivity contribution is 5.78. The van der Waals surface area contributed by atoms with Crippen molar-refractivity contribution < 1.29 is 19.0 Å². The highest BCUT2D eigenvalue weighted by atomic mass is 19.1. The van der Waals surface area contributed by atoms with Crippen LogP contribution in [0.25, 0.3) is 0 Å². The second-order valence-electron chi connectivity index (χ2n) is 3.43. The minimum atomic E-state index is -0.671. The Morgan fingerprint density at radius 3 is 2.67 bits per heavy atom. The fourth-order valence-electron chi connectivity index (χ4n) is 1.41. The van der Waals surface area contributed by atoms with Crippen LogP contribution in [-0.4, -0.2) is 18.0 Å². The molecule has 1 N–H and O–H groups in total. The molecule has 1 aromatic rings. The van der Waals surface area contributed by atoms with Crippen molar-refractivity contribution in [1.29, 1.82) is 0 Å². The molecule has 0 saturated carbocycles. The molecule has 0 spiro atoms. The van der Waals surface area contributed by atoms with Gasteiger partial charge in [0.2, 0.25) is 0 Å². The molecule has 0 atom stereocenters. The van der Waals surface area contributed by atoms with Crippen LogP contribution < -0.4 is 4.74 Å². The molecule has 0 radical (unpaired) electrons. The summed E-state index contributed by atoms with van der Waals surface area (Å²) in [5.74, 6) is -1.23. The van der Waals surface area contributed by atoms with Gasteiger partial charge in [0.25, 0.3) is 0 Å². The summed E-state index contributed by atoms with van der Waals surface area (Å²) in [5.41, 5.74) is 0.735. The third kappa shape index (κ3) is 2.26. The van der Waals surface area contributed by atoms with Crippen molar-refractivity contribution in [3.8, 4) is 11.5 Å². The van der Waals surface area contributed by atoms with E-state index in [0.29, 0.717) is 5.56 Å². The zero-order chi connectivity index (χ0) is 11.6. The van der Waals surface area contributed by atoms with Crippen LogP contribution in [0.2, 0.25) is 0 Å². The number of phenolic OH excluding ortho intramolecular Hbond substituents is 1. The van der Waals surface area contributed by atoms with E-state index in [4.69, 9.17) is 4.74 Å². The summed E-state index contributed by atoms with van der Waals surface area (Å²) < 4.78 is 18.4. The Labute approximate surface area is 87.5 Å². The van der Waals surface area contributed by atoms with Crippen molar-refractivity contribution in [1.82, 2.24) is 0 Å². The molecule has 0 aliphatic carbocycles. The van der Waals surface area contributed by atoms with E-state index < -0.39 is 5.82 Å². The Kier molecular flexibility index (Phi) is 3.29. The van der Waals surface area contributed by atoms with E-state index in [9.17, 15) is 14.3 Å². The molecule has 0 aromatic heterocycles. The first kappa shape index (κ1) is 11.5. The van der Waals surface area contributed by atoms with Crippen molar-refractivity contribution in [2.24, 2.45) is 0 Å². The molecule has 0 heterocycles. The standard InChI is InChI=1S/C11H13FO3/c1-6-4-8(5-7(2)13)9(12)11(15-3)10(6)14/h4,14H,5H2,1-3H3. The van der Waals surface area contributed by atoms with Crippen molar-refractivity contribution in [3.63, 3.8) is 0 Å². The van der Waals surface area contributed by atoms with Crippen LogP contribution in [0.4, 0.5) is 4.39 Å². The number of hydrogen-bond acceptors (Lipinski definition) is 3. The summed E-state index contributed by atoms with van der Waals surface area (Å²) in [6.07, 6.45) is 0.00329. The minimum Gasteiger partial charge on any atom is -0.504 e. The van der Waals surface area contributed by atoms with E-state index >= 15 is 0 Å². The average Bonchev–Trinajstić information content (AvgIpc) is 2.14. The third-order valence-corrected chi connectivity index (χ3v) is 2.10. The number of aryl methyl sites for hydroxylation is 1. The first-order chi connectivity index (χ1) is 6.97. The molecule has 0 fully saturated rings. The predicted octanol–water partition coefficient (Wildman–Crippen LogP) is 1.98. The van der Waals surface area contributed by atoms with Gasteiger partial charge in [-0.3, -0.25) is 4.79 Å². The fourth-order valence-corrected chi connectivity index (χ4v) is 1.41. The Hall–Kier alpha value is -1.58. The number of halogens is 1. The van der Waals surface area contributed by atoms with Gasteiger partial charge < -0.3 is 9.84 Å². The zero-order valence-corrected chi connectivity index (χ0v) is 8.93. The van der Waals surface area contributed by atoms with Gasteiger partial charge in [-0.05, 0) is 31.0 Å². The van der Waals surface area contributed by atoms with Crippen LogP contribution in [0.5, 0.6) is 11.5 Å². The van der Waals surface area contributed by atoms with Gasteiger partial charge in [0.1, 0.15) is 5.78 Å². The number of carbonyl (C=O) groups is 1. The van der Waals surface area contributed by atoms with Crippen LogP contribution in [0.1, 0.15) is 18.1 Å². The zero-order valence-electron chi connectivity index (χ0n) is 8.93. The molecule has 82 valence electrons. The maximum absolute atomic E-state index is 13.6. The molecular weight excluding hydrogens is 199 g/mol. The lowest BCUT2D eigenvalue weighted by Gasteiger charge is -2.10. The van der Waals surface area contributed by atoms with E-state index in [1.165, 1.54) is 20.1 Å². The number of rotatable bonds is 3. The van der Waals surface area contributed by atoms with Gasteiger partial charge in [0.15, 0.2) is 17.3 Å². The van der Waals surface area contributed by atoms with Gasteiger partial charge in [-0.25, -0.2) is 4.39 Å². The van der Waals surface area contributed by atoms with E-state index in [1.54, 1.807) is 6.92 Å². The number of carbonyl (C=O) groups excluding carboxylic acids is 1. The molecule has 3 nitrogen and oxygen atoms in total. The monoisotopic (exact) mass is 212 g/mol. The lowest BCUT2D eigenvalue weighted by molar-refractivity contribution is -0.116. The highest BCUT2D eigenvalue weighted by Crippen LogP contribution is 2.34. The second-order valence-corrected chi connectivity index (χ2v) is 3.43. The summed E-state index contributed by atoms with van der Waals surface area (Å²) >= 11 is 0. The van der Waals surface area contributed by atoms with E-state index in [-0.39, 0.29) is 29.3 Å². The van der Waals surface area contributed by atoms with Crippen LogP contribution >= 0.6 is 0 Å². The third-order valence-electron chi connectivity index (χ3n) is 2.10. The first-order valence-corrected chi connectivity index (χ1v) is 4.51. The molecule has 15 heavy (non-hydrogen) atoms. The number of phenols is 1. The predicted molar refractivity (Wildman–Crippen MR) is 53.7 cm³/mol. The highest BCUT2D eigenvalue weighted by Gasteiger charge is 2.17. The Balaban J connectivity index is 3.30. The smallest absolute Gasteiger partial charge is 0.197 e. The largest absolute Gasteiger partial charge is 0.504 e. The maximum atomic E-state index is 13.6. The number of benzene rings is 1. The van der Waals surface area contributed by atoms with Crippen molar-refractivity contribution in [3.05, 3.63) is 23.0 Å². The quantitative estimate of drug-likeness (QED) is 0.833. The molecule has 0 unspecified atom stereocenters. The van der Waals surface area contributed by atoms with E-state index in [0.717, 1.165) is 0 Å². The molecule has 0 aliphatic rings. The molecular formula is C11H13FO3. The minimum absolute atomic E-state index is 0.00329. The average molecular weight is 212 g/mol. The Morgan fingerprint density at radius 2 is 2.20 bits per heavy atom. The molecule has 1 rings (SSSR count). The van der Waals surface area contributed by atoms with Crippen LogP contribution in [-0.2, 0) is 11.2 Å². The van der Waals surface area contributed by atoms with E-state index in [1.807, 2.05) is 0 Å². The molecule has 1 aromatic carbocycles. The maximum Gasteiger partial charge on any atom is 0.197 e. The summed E-state index contributed by atoms with van der Waals surface area (Å²) in [6, 6.07) is 1.45. The normalized spacial score (nSPS) is 10.1. The second kappa shape index (κ2) is 4.29. The van der Waals surface area contributed by atoms with Gasteiger partial charge in [0.05, 0.1) is 7.11 Å². The number of hydrogen-bond donors (Lipinski definition) is 1. The van der Waals surface area contributed by atoms with Gasteiger partial charge in [-0.15, -0.1) is 0 Å². The Bertz CT molecular complexity index is 399. The number of Topliss-reactive ketones (excluding diaryl/α,β-unsaturated/α-hetero) is 1. The van der Waals surface area contributed by atoms with Crippen molar-refractivity contribution in [2.45, 2.75) is 20.3 Å². The van der Waals surface area contributed by atoms with Gasteiger partial charge in [-0.2, -0.15) is 0 Å². The van der Waals surface area contributed by atoms with E-state index in [2.05, 4.69) is 0 Å². The molecule has 0 saturated heterocycles. The van der Waals surface area contributed by atoms with Gasteiger partial charge in [-0.1, -0.05) is 0 Å². The number of ketones is 1. The van der Waals surface area contributed by atoms with Gasteiger partial charge >= 0.3 is 0 Å². The molecule has 0 bridgehead atoms. The van der Waals surface area contributed by atoms with Crippen molar-refractivity contribution in [2.75, 3.05) is 7.11 Å². The molecule has 4 heteroatoms. The molecule has 0 aliphatic heterocycles. The van der Waals surface area contributed by atoms with Crippen LogP contribution in [0, 0.1) is 12.7 Å². The number of methoxy groups -OCH3 is 1.